The van der Waals surface area contributed by atoms with Gasteiger partial charge in [-0.05, 0) is 12.1 Å². The summed E-state index contributed by atoms with van der Waals surface area (Å²) in [7, 11) is 1.68. The average Bonchev–Trinajstić information content (AvgIpc) is 2.38. The number of aliphatic carboxylic acids is 1. The van der Waals surface area contributed by atoms with Crippen LogP contribution in [-0.4, -0.2) is 18.2 Å². The Bertz CT molecular complexity index is 497. The zero-order chi connectivity index (χ0) is 12.7. The minimum absolute atomic E-state index is 0. The summed E-state index contributed by atoms with van der Waals surface area (Å²) in [5, 5.41) is 10.1. The van der Waals surface area contributed by atoms with E-state index in [0.717, 1.165) is 5.75 Å². The first kappa shape index (κ1) is 17.0. The van der Waals surface area contributed by atoms with Gasteiger partial charge in [0.2, 0.25) is 0 Å². The van der Waals surface area contributed by atoms with Crippen molar-refractivity contribution in [3.63, 3.8) is 0 Å². The summed E-state index contributed by atoms with van der Waals surface area (Å²) in [5.74, 6) is 0.152. The Kier molecular flexibility index (Phi) is 8.46. The van der Waals surface area contributed by atoms with Gasteiger partial charge in [-0.25, -0.2) is 0 Å². The molecule has 0 aromatic heterocycles. The van der Waals surface area contributed by atoms with Crippen molar-refractivity contribution in [3.05, 3.63) is 42.5 Å². The number of benzene rings is 2. The Labute approximate surface area is 129 Å². The van der Waals surface area contributed by atoms with Crippen molar-refractivity contribution < 1.29 is 44.2 Å². The maximum Gasteiger partial charge on any atom is 1.00 e. The molecule has 2 rings (SSSR count). The first-order chi connectivity index (χ1) is 8.17. The van der Waals surface area contributed by atoms with Gasteiger partial charge in [0.1, 0.15) is 5.75 Å². The van der Waals surface area contributed by atoms with Crippen LogP contribution >= 0.6 is 0 Å². The van der Waals surface area contributed by atoms with Gasteiger partial charge in [-0.3, -0.25) is 4.79 Å². The van der Waals surface area contributed by atoms with Crippen LogP contribution in [0.15, 0.2) is 36.4 Å². The van der Waals surface area contributed by atoms with E-state index in [9.17, 15) is 4.79 Å². The number of carbonyl (C=O) groups is 1. The quantitative estimate of drug-likeness (QED) is 0.612. The Hall–Kier alpha value is -1.03. The molecule has 1 N–H and O–H groups in total. The molecule has 2 aromatic carbocycles. The van der Waals surface area contributed by atoms with Gasteiger partial charge in [0.15, 0.2) is 0 Å². The molecule has 0 saturated carbocycles. The van der Waals surface area contributed by atoms with Crippen molar-refractivity contribution in [2.75, 3.05) is 7.11 Å². The second-order valence-electron chi connectivity index (χ2n) is 3.39. The largest absolute Gasteiger partial charge is 1.00 e. The van der Waals surface area contributed by atoms with Crippen LogP contribution in [0.2, 0.25) is 0 Å². The molecule has 0 aliphatic carbocycles. The number of rotatable bonds is 2. The van der Waals surface area contributed by atoms with Crippen molar-refractivity contribution >= 4 is 16.7 Å². The molecule has 0 unspecified atom stereocenters. The van der Waals surface area contributed by atoms with Gasteiger partial charge in [0.25, 0.3) is 0 Å². The van der Waals surface area contributed by atoms with Crippen LogP contribution in [0.3, 0.4) is 0 Å². The van der Waals surface area contributed by atoms with Crippen molar-refractivity contribution in [3.8, 4) is 5.75 Å². The summed E-state index contributed by atoms with van der Waals surface area (Å²) in [6, 6.07) is 14.9. The van der Waals surface area contributed by atoms with Gasteiger partial charge < -0.3 is 9.84 Å². The van der Waals surface area contributed by atoms with E-state index in [1.165, 1.54) is 10.8 Å². The van der Waals surface area contributed by atoms with Gasteiger partial charge in [-0.15, -0.1) is 16.8 Å². The van der Waals surface area contributed by atoms with E-state index in [1.807, 2.05) is 36.4 Å². The minimum Gasteiger partial charge on any atom is -0.497 e. The number of carboxylic acid groups (broad SMARTS) is 1. The van der Waals surface area contributed by atoms with Crippen LogP contribution in [0.4, 0.5) is 0 Å². The van der Waals surface area contributed by atoms with Gasteiger partial charge in [-0.1, -0.05) is 6.92 Å². The molecule has 3 nitrogen and oxygen atoms in total. The van der Waals surface area contributed by atoms with Crippen LogP contribution in [-0.2, 0) is 4.79 Å². The number of ether oxygens (including phenoxy) is 1. The molecule has 90 valence electrons. The molecular weight excluding hydrogens is 239 g/mol. The third-order valence-electron chi connectivity index (χ3n) is 2.19. The van der Waals surface area contributed by atoms with E-state index in [4.69, 9.17) is 9.84 Å². The fourth-order valence-electron chi connectivity index (χ4n) is 1.23. The number of carboxylic acids is 1. The molecule has 0 spiro atoms. The predicted molar refractivity (Wildman–Crippen MR) is 67.3 cm³/mol. The molecular formula is C14H15NaO3. The molecule has 2 aromatic rings. The monoisotopic (exact) mass is 254 g/mol. The molecule has 0 aliphatic rings. The van der Waals surface area contributed by atoms with Crippen LogP contribution in [0.25, 0.3) is 10.8 Å². The molecule has 0 heterocycles. The summed E-state index contributed by atoms with van der Waals surface area (Å²) in [6.07, 6.45) is 0.222. The van der Waals surface area contributed by atoms with Crippen LogP contribution in [0, 0.1) is 6.07 Å². The maximum atomic E-state index is 9.37. The average molecular weight is 254 g/mol. The van der Waals surface area contributed by atoms with Gasteiger partial charge >= 0.3 is 35.5 Å². The predicted octanol–water partition coefficient (Wildman–Crippen LogP) is 0.134. The molecule has 0 saturated heterocycles. The number of hydrogen-bond acceptors (Lipinski definition) is 2. The smallest absolute Gasteiger partial charge is 0.497 e. The molecule has 0 bridgehead atoms. The van der Waals surface area contributed by atoms with Crippen molar-refractivity contribution in [1.82, 2.24) is 0 Å². The summed E-state index contributed by atoms with van der Waals surface area (Å²) < 4.78 is 5.11. The van der Waals surface area contributed by atoms with Crippen molar-refractivity contribution in [1.29, 1.82) is 0 Å². The summed E-state index contributed by atoms with van der Waals surface area (Å²) in [4.78, 5) is 9.37. The topological polar surface area (TPSA) is 46.5 Å². The van der Waals surface area contributed by atoms with E-state index >= 15 is 0 Å². The van der Waals surface area contributed by atoms with Gasteiger partial charge in [-0.2, -0.15) is 24.3 Å². The molecule has 0 amide bonds. The van der Waals surface area contributed by atoms with E-state index in [1.54, 1.807) is 14.0 Å². The van der Waals surface area contributed by atoms with Gasteiger partial charge in [0.05, 0.1) is 7.11 Å². The molecule has 0 aliphatic heterocycles. The number of fused-ring (bicyclic) bond motifs is 1. The van der Waals surface area contributed by atoms with Gasteiger partial charge in [0, 0.05) is 6.42 Å². The summed E-state index contributed by atoms with van der Waals surface area (Å²) in [6.45, 7) is 1.60. The second kappa shape index (κ2) is 8.97. The van der Waals surface area contributed by atoms with Crippen molar-refractivity contribution in [2.24, 2.45) is 0 Å². The zero-order valence-corrected chi connectivity index (χ0v) is 12.9. The molecule has 0 radical (unpaired) electrons. The Morgan fingerprint density at radius 2 is 2.00 bits per heavy atom. The number of methoxy groups -OCH3 is 1. The summed E-state index contributed by atoms with van der Waals surface area (Å²) >= 11 is 0. The van der Waals surface area contributed by atoms with Crippen molar-refractivity contribution in [2.45, 2.75) is 13.3 Å². The first-order valence-corrected chi connectivity index (χ1v) is 5.33. The second-order valence-corrected chi connectivity index (χ2v) is 3.39. The Morgan fingerprint density at radius 3 is 2.56 bits per heavy atom. The summed E-state index contributed by atoms with van der Waals surface area (Å²) in [5.41, 5.74) is 0. The first-order valence-electron chi connectivity index (χ1n) is 5.33. The third-order valence-corrected chi connectivity index (χ3v) is 2.19. The van der Waals surface area contributed by atoms with Crippen LogP contribution in [0.1, 0.15) is 13.3 Å². The van der Waals surface area contributed by atoms with E-state index in [0.29, 0.717) is 0 Å². The SMILES string of the molecule is CCC(=O)O.COc1ccc2c[c-]ccc2c1.[Na+]. The fourth-order valence-corrected chi connectivity index (χ4v) is 1.23. The number of hydrogen-bond donors (Lipinski definition) is 1. The Morgan fingerprint density at radius 1 is 1.33 bits per heavy atom. The molecule has 0 fully saturated rings. The van der Waals surface area contributed by atoms with E-state index in [2.05, 4.69) is 6.07 Å². The minimum atomic E-state index is -0.745. The molecule has 18 heavy (non-hydrogen) atoms. The third kappa shape index (κ3) is 5.54. The van der Waals surface area contributed by atoms with E-state index in [-0.39, 0.29) is 36.0 Å². The van der Waals surface area contributed by atoms with E-state index < -0.39 is 5.97 Å². The fraction of sp³-hybridized carbons (Fsp3) is 0.214. The molecule has 4 heteroatoms. The standard InChI is InChI=1S/C11H9O.C3H6O2.Na/c1-12-11-7-6-9-4-2-3-5-10(9)8-11;1-2-3(4)5;/h3-8H,1H3;2H2,1H3,(H,4,5);/q-1;;+1. The van der Waals surface area contributed by atoms with Crippen LogP contribution in [0.5, 0.6) is 5.75 Å². The Balaban J connectivity index is 0.000000421. The molecule has 0 atom stereocenters. The zero-order valence-electron chi connectivity index (χ0n) is 10.9. The maximum absolute atomic E-state index is 9.37. The normalized spacial score (nSPS) is 8.78. The van der Waals surface area contributed by atoms with Crippen LogP contribution < -0.4 is 34.3 Å².